The van der Waals surface area contributed by atoms with Crippen molar-refractivity contribution in [3.63, 3.8) is 0 Å². The highest BCUT2D eigenvalue weighted by molar-refractivity contribution is 5.77. The summed E-state index contributed by atoms with van der Waals surface area (Å²) in [6, 6.07) is -0.681. The molecule has 0 aromatic rings. The van der Waals surface area contributed by atoms with Crippen LogP contribution in [-0.4, -0.2) is 34.0 Å². The maximum atomic E-state index is 11.0. The van der Waals surface area contributed by atoms with E-state index < -0.39 is 11.7 Å². The van der Waals surface area contributed by atoms with Gasteiger partial charge in [-0.15, -0.1) is 0 Å². The van der Waals surface area contributed by atoms with E-state index in [0.717, 1.165) is 6.42 Å². The molecule has 1 aliphatic heterocycles. The molecular weight excluding hydrogens is 212 g/mol. The van der Waals surface area contributed by atoms with E-state index in [0.29, 0.717) is 19.3 Å². The minimum atomic E-state index is -1.19. The molecule has 6 nitrogen and oxygen atoms in total. The van der Waals surface area contributed by atoms with Gasteiger partial charge in [-0.2, -0.15) is 0 Å². The maximum Gasteiger partial charge on any atom is 0.317 e. The number of carbonyl (C=O) groups is 2. The Balaban J connectivity index is 2.21. The summed E-state index contributed by atoms with van der Waals surface area (Å²) in [6.45, 7) is 1.73. The van der Waals surface area contributed by atoms with Crippen LogP contribution in [0.3, 0.4) is 0 Å². The van der Waals surface area contributed by atoms with Gasteiger partial charge in [0.1, 0.15) is 0 Å². The Labute approximate surface area is 94.0 Å². The number of carboxylic acid groups (broad SMARTS) is 1. The molecule has 2 atom stereocenters. The van der Waals surface area contributed by atoms with Crippen molar-refractivity contribution in [3.05, 3.63) is 0 Å². The largest absolute Gasteiger partial charge is 0.481 e. The predicted octanol–water partition coefficient (Wildman–Crippen LogP) is 0.411. The average Bonchev–Trinajstić information content (AvgIpc) is 2.39. The lowest BCUT2D eigenvalue weighted by Gasteiger charge is -2.25. The van der Waals surface area contributed by atoms with Gasteiger partial charge in [0.25, 0.3) is 0 Å². The topological polar surface area (TPSA) is 98.7 Å². The number of hydrogen-bond donors (Lipinski definition) is 4. The summed E-state index contributed by atoms with van der Waals surface area (Å²) >= 11 is 0. The van der Waals surface area contributed by atoms with Crippen molar-refractivity contribution in [2.45, 2.75) is 50.8 Å². The number of aliphatic hydroxyl groups is 1. The SMILES string of the molecule is C[C@@H]1NC(=O)N[C@]1(O)CCCCCC(=O)O. The van der Waals surface area contributed by atoms with E-state index in [1.165, 1.54) is 0 Å². The normalized spacial score (nSPS) is 28.6. The third-order valence-electron chi connectivity index (χ3n) is 2.84. The van der Waals surface area contributed by atoms with Crippen LogP contribution in [0.25, 0.3) is 0 Å². The maximum absolute atomic E-state index is 11.0. The fourth-order valence-corrected chi connectivity index (χ4v) is 1.78. The molecule has 0 unspecified atom stereocenters. The van der Waals surface area contributed by atoms with Crippen LogP contribution in [0.2, 0.25) is 0 Å². The molecule has 2 amide bonds. The summed E-state index contributed by atoms with van der Waals surface area (Å²) in [5.41, 5.74) is -1.19. The van der Waals surface area contributed by atoms with Crippen molar-refractivity contribution in [3.8, 4) is 0 Å². The molecule has 16 heavy (non-hydrogen) atoms. The quantitative estimate of drug-likeness (QED) is 0.497. The summed E-state index contributed by atoms with van der Waals surface area (Å²) in [5, 5.41) is 23.5. The predicted molar refractivity (Wildman–Crippen MR) is 56.8 cm³/mol. The number of unbranched alkanes of at least 4 members (excludes halogenated alkanes) is 2. The first kappa shape index (κ1) is 12.8. The van der Waals surface area contributed by atoms with E-state index in [1.807, 2.05) is 0 Å². The molecular formula is C10H18N2O4. The van der Waals surface area contributed by atoms with Crippen LogP contribution in [-0.2, 0) is 4.79 Å². The highest BCUT2D eigenvalue weighted by atomic mass is 16.4. The molecule has 0 saturated carbocycles. The average molecular weight is 230 g/mol. The first-order valence-electron chi connectivity index (χ1n) is 5.47. The molecule has 0 bridgehead atoms. The third kappa shape index (κ3) is 3.37. The molecule has 1 rings (SSSR count). The molecule has 1 aliphatic rings. The molecule has 4 N–H and O–H groups in total. The van der Waals surface area contributed by atoms with Crippen molar-refractivity contribution < 1.29 is 19.8 Å². The van der Waals surface area contributed by atoms with Gasteiger partial charge in [-0.3, -0.25) is 4.79 Å². The smallest absolute Gasteiger partial charge is 0.317 e. The molecule has 0 aliphatic carbocycles. The minimum Gasteiger partial charge on any atom is -0.481 e. The number of carboxylic acids is 1. The van der Waals surface area contributed by atoms with Gasteiger partial charge in [-0.05, 0) is 26.2 Å². The number of aliphatic carboxylic acids is 1. The van der Waals surface area contributed by atoms with Gasteiger partial charge in [0.05, 0.1) is 6.04 Å². The van der Waals surface area contributed by atoms with Gasteiger partial charge in [-0.1, -0.05) is 6.42 Å². The molecule has 1 heterocycles. The summed E-state index contributed by atoms with van der Waals surface area (Å²) < 4.78 is 0. The van der Waals surface area contributed by atoms with Gasteiger partial charge >= 0.3 is 12.0 Å². The van der Waals surface area contributed by atoms with Crippen LogP contribution in [0.5, 0.6) is 0 Å². The standard InChI is InChI=1S/C10H18N2O4/c1-7-10(16,12-9(15)11-7)6-4-2-3-5-8(13)14/h7,16H,2-6H2,1H3,(H,13,14)(H2,11,12,15)/t7-,10-/m0/s1. The summed E-state index contributed by atoms with van der Waals surface area (Å²) in [4.78, 5) is 21.2. The van der Waals surface area contributed by atoms with Crippen molar-refractivity contribution in [1.82, 2.24) is 10.6 Å². The van der Waals surface area contributed by atoms with Gasteiger partial charge in [-0.25, -0.2) is 4.79 Å². The van der Waals surface area contributed by atoms with Gasteiger partial charge in [0, 0.05) is 6.42 Å². The fraction of sp³-hybridized carbons (Fsp3) is 0.800. The van der Waals surface area contributed by atoms with Crippen LogP contribution in [0, 0.1) is 0 Å². The molecule has 0 radical (unpaired) electrons. The number of hydrogen-bond acceptors (Lipinski definition) is 3. The number of carbonyl (C=O) groups excluding carboxylic acids is 1. The zero-order chi connectivity index (χ0) is 12.2. The zero-order valence-corrected chi connectivity index (χ0v) is 9.32. The second kappa shape index (κ2) is 5.16. The molecule has 0 aromatic carbocycles. The number of amides is 2. The van der Waals surface area contributed by atoms with Gasteiger partial charge in [0.15, 0.2) is 5.72 Å². The number of urea groups is 1. The Bertz CT molecular complexity index is 282. The Morgan fingerprint density at radius 3 is 2.62 bits per heavy atom. The van der Waals surface area contributed by atoms with Crippen LogP contribution >= 0.6 is 0 Å². The first-order chi connectivity index (χ1) is 7.44. The van der Waals surface area contributed by atoms with Crippen molar-refractivity contribution in [1.29, 1.82) is 0 Å². The highest BCUT2D eigenvalue weighted by Gasteiger charge is 2.41. The Hall–Kier alpha value is -1.30. The zero-order valence-electron chi connectivity index (χ0n) is 9.32. The molecule has 92 valence electrons. The lowest BCUT2D eigenvalue weighted by molar-refractivity contribution is -0.137. The van der Waals surface area contributed by atoms with Crippen molar-refractivity contribution in [2.24, 2.45) is 0 Å². The second-order valence-corrected chi connectivity index (χ2v) is 4.20. The van der Waals surface area contributed by atoms with Crippen molar-refractivity contribution >= 4 is 12.0 Å². The van der Waals surface area contributed by atoms with Crippen LogP contribution in [0.1, 0.15) is 39.0 Å². The monoisotopic (exact) mass is 230 g/mol. The Kier molecular flexibility index (Phi) is 4.12. The van der Waals surface area contributed by atoms with Crippen LogP contribution < -0.4 is 10.6 Å². The van der Waals surface area contributed by atoms with Gasteiger partial charge < -0.3 is 20.8 Å². The summed E-state index contributed by atoms with van der Waals surface area (Å²) in [5.74, 6) is -0.803. The van der Waals surface area contributed by atoms with E-state index in [2.05, 4.69) is 10.6 Å². The minimum absolute atomic E-state index is 0.151. The molecule has 6 heteroatoms. The number of nitrogens with one attached hydrogen (secondary N) is 2. The summed E-state index contributed by atoms with van der Waals surface area (Å²) in [7, 11) is 0. The highest BCUT2D eigenvalue weighted by Crippen LogP contribution is 2.20. The van der Waals surface area contributed by atoms with E-state index in [-0.39, 0.29) is 18.5 Å². The molecule has 0 spiro atoms. The molecule has 1 fully saturated rings. The number of rotatable bonds is 6. The van der Waals surface area contributed by atoms with Gasteiger partial charge in [0.2, 0.25) is 0 Å². The summed E-state index contributed by atoms with van der Waals surface area (Å²) in [6.07, 6.45) is 2.61. The third-order valence-corrected chi connectivity index (χ3v) is 2.84. The van der Waals surface area contributed by atoms with E-state index >= 15 is 0 Å². The molecule has 0 aromatic heterocycles. The van der Waals surface area contributed by atoms with E-state index in [4.69, 9.17) is 5.11 Å². The second-order valence-electron chi connectivity index (χ2n) is 4.20. The Morgan fingerprint density at radius 1 is 1.44 bits per heavy atom. The fourth-order valence-electron chi connectivity index (χ4n) is 1.78. The van der Waals surface area contributed by atoms with Crippen molar-refractivity contribution in [2.75, 3.05) is 0 Å². The van der Waals surface area contributed by atoms with Crippen LogP contribution in [0.4, 0.5) is 4.79 Å². The van der Waals surface area contributed by atoms with E-state index in [9.17, 15) is 14.7 Å². The Morgan fingerprint density at radius 2 is 2.12 bits per heavy atom. The lowest BCUT2D eigenvalue weighted by atomic mass is 9.99. The first-order valence-corrected chi connectivity index (χ1v) is 5.47. The molecule has 1 saturated heterocycles. The van der Waals surface area contributed by atoms with E-state index in [1.54, 1.807) is 6.92 Å². The van der Waals surface area contributed by atoms with Crippen LogP contribution in [0.15, 0.2) is 0 Å². The lowest BCUT2D eigenvalue weighted by Crippen LogP contribution is -2.48.